The molecule has 1 aromatic heterocycles. The van der Waals surface area contributed by atoms with E-state index in [9.17, 15) is 9.90 Å². The lowest BCUT2D eigenvalue weighted by Crippen LogP contribution is -2.06. The highest BCUT2D eigenvalue weighted by Crippen LogP contribution is 2.31. The van der Waals surface area contributed by atoms with Crippen LogP contribution < -0.4 is 10.6 Å². The summed E-state index contributed by atoms with van der Waals surface area (Å²) in [5, 5.41) is 18.6. The number of anilines is 2. The number of aromatic hydroxyl groups is 1. The number of benzene rings is 2. The number of nitrogens with one attached hydrogen (secondary N) is 2. The third-order valence-corrected chi connectivity index (χ3v) is 4.44. The van der Waals surface area contributed by atoms with Crippen LogP contribution in [-0.4, -0.2) is 22.5 Å². The lowest BCUT2D eigenvalue weighted by Gasteiger charge is -2.07. The molecule has 128 valence electrons. The summed E-state index contributed by atoms with van der Waals surface area (Å²) < 4.78 is 0. The van der Waals surface area contributed by atoms with Crippen molar-refractivity contribution in [3.8, 4) is 17.0 Å². The van der Waals surface area contributed by atoms with E-state index in [1.807, 2.05) is 23.6 Å². The van der Waals surface area contributed by atoms with Crippen molar-refractivity contribution in [2.75, 3.05) is 17.2 Å². The summed E-state index contributed by atoms with van der Waals surface area (Å²) in [4.78, 5) is 15.8. The van der Waals surface area contributed by atoms with Crippen molar-refractivity contribution in [3.63, 3.8) is 0 Å². The number of nitrogens with zero attached hydrogens (tertiary/aromatic N) is 1. The van der Waals surface area contributed by atoms with Gasteiger partial charge in [-0.25, -0.2) is 4.98 Å². The topological polar surface area (TPSA) is 74.2 Å². The molecule has 5 nitrogen and oxygen atoms in total. The first-order valence-electron chi connectivity index (χ1n) is 7.96. The largest absolute Gasteiger partial charge is 0.506 e. The van der Waals surface area contributed by atoms with Gasteiger partial charge in [-0.15, -0.1) is 11.3 Å². The van der Waals surface area contributed by atoms with Crippen LogP contribution in [0.25, 0.3) is 11.3 Å². The molecule has 6 heteroatoms. The van der Waals surface area contributed by atoms with Gasteiger partial charge in [-0.2, -0.15) is 0 Å². The lowest BCUT2D eigenvalue weighted by molar-refractivity contribution is -0.114. The van der Waals surface area contributed by atoms with E-state index in [4.69, 9.17) is 0 Å². The molecule has 0 atom stereocenters. The number of rotatable bonds is 6. The minimum Gasteiger partial charge on any atom is -0.506 e. The molecule has 3 rings (SSSR count). The maximum absolute atomic E-state index is 11.2. The maximum atomic E-state index is 11.2. The molecule has 3 aromatic rings. The van der Waals surface area contributed by atoms with Crippen LogP contribution in [0.3, 0.4) is 0 Å². The quantitative estimate of drug-likeness (QED) is 0.583. The van der Waals surface area contributed by atoms with Crippen LogP contribution in [0, 0.1) is 0 Å². The average Bonchev–Trinajstić information content (AvgIpc) is 3.06. The monoisotopic (exact) mass is 353 g/mol. The number of aromatic nitrogens is 1. The van der Waals surface area contributed by atoms with E-state index in [0.717, 1.165) is 29.4 Å². The smallest absolute Gasteiger partial charge is 0.221 e. The van der Waals surface area contributed by atoms with Gasteiger partial charge in [0.15, 0.2) is 5.13 Å². The number of thiazole rings is 1. The maximum Gasteiger partial charge on any atom is 0.221 e. The molecule has 0 fully saturated rings. The number of hydrogen-bond acceptors (Lipinski definition) is 5. The van der Waals surface area contributed by atoms with Gasteiger partial charge in [0.1, 0.15) is 5.75 Å². The zero-order valence-corrected chi connectivity index (χ0v) is 14.6. The highest BCUT2D eigenvalue weighted by Gasteiger charge is 2.09. The number of phenolic OH excluding ortho intramolecular Hbond substituents is 1. The first kappa shape index (κ1) is 17.0. The molecular weight excluding hydrogens is 334 g/mol. The fourth-order valence-corrected chi connectivity index (χ4v) is 3.18. The number of carbonyl (C=O) groups is 1. The van der Waals surface area contributed by atoms with Crippen molar-refractivity contribution in [1.82, 2.24) is 4.98 Å². The second-order valence-corrected chi connectivity index (χ2v) is 6.47. The van der Waals surface area contributed by atoms with Crippen molar-refractivity contribution < 1.29 is 9.90 Å². The molecule has 0 bridgehead atoms. The number of amides is 1. The van der Waals surface area contributed by atoms with E-state index in [-0.39, 0.29) is 11.7 Å². The highest BCUT2D eigenvalue weighted by atomic mass is 32.1. The second kappa shape index (κ2) is 7.81. The SMILES string of the molecule is CC(=O)Nc1cc(-c2csc(NCCc3ccccc3)n2)ccc1O. The summed E-state index contributed by atoms with van der Waals surface area (Å²) in [5.41, 5.74) is 3.31. The fourth-order valence-electron chi connectivity index (χ4n) is 2.43. The third kappa shape index (κ3) is 4.58. The molecule has 1 heterocycles. The van der Waals surface area contributed by atoms with Gasteiger partial charge in [-0.3, -0.25) is 4.79 Å². The lowest BCUT2D eigenvalue weighted by atomic mass is 10.1. The summed E-state index contributed by atoms with van der Waals surface area (Å²) >= 11 is 1.53. The van der Waals surface area contributed by atoms with E-state index >= 15 is 0 Å². The average molecular weight is 353 g/mol. The molecule has 0 unspecified atom stereocenters. The minimum atomic E-state index is -0.228. The Bertz CT molecular complexity index is 862. The van der Waals surface area contributed by atoms with Crippen LogP contribution in [-0.2, 0) is 11.2 Å². The Morgan fingerprint density at radius 1 is 1.20 bits per heavy atom. The Hall–Kier alpha value is -2.86. The second-order valence-electron chi connectivity index (χ2n) is 5.61. The Morgan fingerprint density at radius 2 is 2.00 bits per heavy atom. The Morgan fingerprint density at radius 3 is 2.76 bits per heavy atom. The van der Waals surface area contributed by atoms with Gasteiger partial charge >= 0.3 is 0 Å². The molecule has 3 N–H and O–H groups in total. The van der Waals surface area contributed by atoms with E-state index in [1.54, 1.807) is 18.2 Å². The van der Waals surface area contributed by atoms with Gasteiger partial charge in [0.05, 0.1) is 11.4 Å². The summed E-state index contributed by atoms with van der Waals surface area (Å²) in [6.07, 6.45) is 0.932. The molecule has 0 aliphatic heterocycles. The van der Waals surface area contributed by atoms with Crippen molar-refractivity contribution in [2.45, 2.75) is 13.3 Å². The number of carbonyl (C=O) groups excluding carboxylic acids is 1. The molecule has 0 saturated carbocycles. The minimum absolute atomic E-state index is 0.0374. The molecule has 25 heavy (non-hydrogen) atoms. The molecule has 0 aliphatic rings. The van der Waals surface area contributed by atoms with Crippen LogP contribution in [0.5, 0.6) is 5.75 Å². The summed E-state index contributed by atoms with van der Waals surface area (Å²) in [6, 6.07) is 15.4. The van der Waals surface area contributed by atoms with Crippen LogP contribution >= 0.6 is 11.3 Å². The van der Waals surface area contributed by atoms with Gasteiger partial charge in [0, 0.05) is 24.4 Å². The molecule has 0 aliphatic carbocycles. The van der Waals surface area contributed by atoms with Crippen LogP contribution in [0.1, 0.15) is 12.5 Å². The standard InChI is InChI=1S/C19H19N3O2S/c1-13(23)21-16-11-15(7-8-18(16)24)17-12-25-19(22-17)20-10-9-14-5-3-2-4-6-14/h2-8,11-12,24H,9-10H2,1H3,(H,20,22)(H,21,23). The normalized spacial score (nSPS) is 10.4. The molecule has 0 saturated heterocycles. The zero-order valence-electron chi connectivity index (χ0n) is 13.8. The molecular formula is C19H19N3O2S. The van der Waals surface area contributed by atoms with Gasteiger partial charge < -0.3 is 15.7 Å². The van der Waals surface area contributed by atoms with Gasteiger partial charge in [0.2, 0.25) is 5.91 Å². The van der Waals surface area contributed by atoms with Gasteiger partial charge in [-0.1, -0.05) is 30.3 Å². The first-order chi connectivity index (χ1) is 12.1. The number of phenols is 1. The summed E-state index contributed by atoms with van der Waals surface area (Å²) in [7, 11) is 0. The Labute approximate surface area is 150 Å². The fraction of sp³-hybridized carbons (Fsp3) is 0.158. The van der Waals surface area contributed by atoms with E-state index < -0.39 is 0 Å². The van der Waals surface area contributed by atoms with Gasteiger partial charge in [-0.05, 0) is 30.2 Å². The van der Waals surface area contributed by atoms with E-state index in [0.29, 0.717) is 5.69 Å². The van der Waals surface area contributed by atoms with Crippen molar-refractivity contribution in [2.24, 2.45) is 0 Å². The van der Waals surface area contributed by atoms with Crippen molar-refractivity contribution in [1.29, 1.82) is 0 Å². The molecule has 2 aromatic carbocycles. The van der Waals surface area contributed by atoms with Gasteiger partial charge in [0.25, 0.3) is 0 Å². The molecule has 0 spiro atoms. The zero-order chi connectivity index (χ0) is 17.6. The van der Waals surface area contributed by atoms with Crippen LogP contribution in [0.2, 0.25) is 0 Å². The van der Waals surface area contributed by atoms with Crippen molar-refractivity contribution >= 4 is 28.1 Å². The molecule has 0 radical (unpaired) electrons. The third-order valence-electron chi connectivity index (χ3n) is 3.64. The highest BCUT2D eigenvalue weighted by molar-refractivity contribution is 7.14. The van der Waals surface area contributed by atoms with E-state index in [2.05, 4.69) is 27.8 Å². The predicted octanol–water partition coefficient (Wildman–Crippen LogP) is 4.13. The Kier molecular flexibility index (Phi) is 5.30. The first-order valence-corrected chi connectivity index (χ1v) is 8.84. The molecule has 1 amide bonds. The van der Waals surface area contributed by atoms with E-state index in [1.165, 1.54) is 23.8 Å². The Balaban J connectivity index is 1.66. The summed E-state index contributed by atoms with van der Waals surface area (Å²) in [5.74, 6) is -0.190. The predicted molar refractivity (Wildman–Crippen MR) is 102 cm³/mol. The van der Waals surface area contributed by atoms with Crippen LogP contribution in [0.15, 0.2) is 53.9 Å². The van der Waals surface area contributed by atoms with Crippen LogP contribution in [0.4, 0.5) is 10.8 Å². The number of hydrogen-bond donors (Lipinski definition) is 3. The van der Waals surface area contributed by atoms with Crippen molar-refractivity contribution in [3.05, 3.63) is 59.5 Å². The summed E-state index contributed by atoms with van der Waals surface area (Å²) in [6.45, 7) is 2.22.